The maximum absolute atomic E-state index is 9.58. The zero-order valence-corrected chi connectivity index (χ0v) is 18.3. The average molecular weight is 428 g/mol. The molecule has 4 nitrogen and oxygen atoms in total. The zero-order chi connectivity index (χ0) is 21.9. The molecule has 1 aromatic heterocycles. The largest absolute Gasteiger partial charge is 0.505 e. The Balaban J connectivity index is 1.11. The molecule has 4 heteroatoms. The van der Waals surface area contributed by atoms with Crippen LogP contribution in [0.2, 0.25) is 0 Å². The van der Waals surface area contributed by atoms with Crippen LogP contribution in [0.15, 0.2) is 77.7 Å². The van der Waals surface area contributed by atoms with Gasteiger partial charge in [0, 0.05) is 11.9 Å². The van der Waals surface area contributed by atoms with Crippen molar-refractivity contribution in [1.29, 1.82) is 0 Å². The second-order valence-corrected chi connectivity index (χ2v) is 8.66. The van der Waals surface area contributed by atoms with Gasteiger partial charge in [0.1, 0.15) is 0 Å². The van der Waals surface area contributed by atoms with Crippen molar-refractivity contribution < 1.29 is 14.3 Å². The molecule has 1 N–H and O–H groups in total. The van der Waals surface area contributed by atoms with Crippen LogP contribution in [0, 0.1) is 0 Å². The Labute approximate surface area is 188 Å². The first-order chi connectivity index (χ1) is 15.7. The molecule has 1 saturated heterocycles. The molecule has 5 rings (SSSR count). The van der Waals surface area contributed by atoms with Gasteiger partial charge >= 0.3 is 0 Å². The molecule has 0 spiro atoms. The van der Waals surface area contributed by atoms with Gasteiger partial charge in [-0.05, 0) is 66.7 Å². The molecular formula is C28H29NO3. The standard InChI is InChI=1S/C28H29NO3/c1-20(30)27-19-25-8-4-9-26(28(25)32-27)31-17-5-14-29-15-12-22(13-16-29)24-11-10-21-6-2-3-7-23(21)18-24/h2-4,6-11,18-19,22,30H,1,5,12-17H2. The Morgan fingerprint density at radius 2 is 1.75 bits per heavy atom. The minimum atomic E-state index is -0.0701. The lowest BCUT2D eigenvalue weighted by Crippen LogP contribution is -2.34. The van der Waals surface area contributed by atoms with Crippen LogP contribution in [0.5, 0.6) is 5.75 Å². The number of nitrogens with zero attached hydrogens (tertiary/aromatic N) is 1. The molecule has 0 atom stereocenters. The summed E-state index contributed by atoms with van der Waals surface area (Å²) < 4.78 is 11.7. The van der Waals surface area contributed by atoms with Crippen molar-refractivity contribution in [3.8, 4) is 5.75 Å². The van der Waals surface area contributed by atoms with Crippen LogP contribution in [-0.4, -0.2) is 36.2 Å². The Morgan fingerprint density at radius 1 is 0.969 bits per heavy atom. The second kappa shape index (κ2) is 9.09. The molecule has 2 heterocycles. The quantitative estimate of drug-likeness (QED) is 0.261. The van der Waals surface area contributed by atoms with E-state index in [0.717, 1.165) is 31.4 Å². The summed E-state index contributed by atoms with van der Waals surface area (Å²) >= 11 is 0. The van der Waals surface area contributed by atoms with Crippen LogP contribution < -0.4 is 4.74 Å². The number of aliphatic hydroxyl groups excluding tert-OH is 1. The van der Waals surface area contributed by atoms with Gasteiger partial charge in [0.15, 0.2) is 22.9 Å². The van der Waals surface area contributed by atoms with Gasteiger partial charge in [0.05, 0.1) is 6.61 Å². The van der Waals surface area contributed by atoms with Crippen LogP contribution in [0.4, 0.5) is 0 Å². The fraction of sp³-hybridized carbons (Fsp3) is 0.286. The van der Waals surface area contributed by atoms with Crippen molar-refractivity contribution in [2.45, 2.75) is 25.2 Å². The summed E-state index contributed by atoms with van der Waals surface area (Å²) in [5.41, 5.74) is 2.14. The lowest BCUT2D eigenvalue weighted by atomic mass is 9.88. The predicted molar refractivity (Wildman–Crippen MR) is 130 cm³/mol. The molecule has 0 aliphatic carbocycles. The summed E-state index contributed by atoms with van der Waals surface area (Å²) in [4.78, 5) is 2.54. The van der Waals surface area contributed by atoms with E-state index >= 15 is 0 Å². The zero-order valence-electron chi connectivity index (χ0n) is 18.3. The molecule has 3 aromatic carbocycles. The third kappa shape index (κ3) is 4.37. The Morgan fingerprint density at radius 3 is 2.56 bits per heavy atom. The molecule has 0 radical (unpaired) electrons. The number of hydrogen-bond acceptors (Lipinski definition) is 4. The summed E-state index contributed by atoms with van der Waals surface area (Å²) in [7, 11) is 0. The topological polar surface area (TPSA) is 45.8 Å². The number of hydrogen-bond donors (Lipinski definition) is 1. The van der Waals surface area contributed by atoms with E-state index in [2.05, 4.69) is 53.9 Å². The minimum absolute atomic E-state index is 0.0701. The number of likely N-dealkylation sites (tertiary alicyclic amines) is 1. The normalized spacial score (nSPS) is 15.4. The molecule has 0 unspecified atom stereocenters. The number of furan rings is 1. The van der Waals surface area contributed by atoms with E-state index < -0.39 is 0 Å². The Hall–Kier alpha value is -3.24. The average Bonchev–Trinajstić information content (AvgIpc) is 3.28. The number of fused-ring (bicyclic) bond motifs is 2. The van der Waals surface area contributed by atoms with Gasteiger partial charge in [-0.25, -0.2) is 0 Å². The van der Waals surface area contributed by atoms with Crippen molar-refractivity contribution in [1.82, 2.24) is 4.90 Å². The molecule has 1 aliphatic heterocycles. The van der Waals surface area contributed by atoms with E-state index in [9.17, 15) is 5.11 Å². The maximum atomic E-state index is 9.58. The highest BCUT2D eigenvalue weighted by Gasteiger charge is 2.20. The molecule has 0 bridgehead atoms. The molecule has 1 aliphatic rings. The first kappa shape index (κ1) is 20.7. The van der Waals surface area contributed by atoms with E-state index in [0.29, 0.717) is 29.6 Å². The third-order valence-electron chi connectivity index (χ3n) is 6.50. The number of rotatable bonds is 7. The number of ether oxygens (including phenoxy) is 1. The first-order valence-corrected chi connectivity index (χ1v) is 11.4. The SMILES string of the molecule is C=C(O)c1cc2cccc(OCCCN3CCC(c4ccc5ccccc5c4)CC3)c2o1. The predicted octanol–water partition coefficient (Wildman–Crippen LogP) is 6.76. The van der Waals surface area contributed by atoms with E-state index in [1.165, 1.54) is 29.2 Å². The van der Waals surface area contributed by atoms with Crippen molar-refractivity contribution in [2.75, 3.05) is 26.2 Å². The van der Waals surface area contributed by atoms with Crippen molar-refractivity contribution in [3.05, 3.63) is 84.6 Å². The third-order valence-corrected chi connectivity index (χ3v) is 6.50. The Kier molecular flexibility index (Phi) is 5.87. The second-order valence-electron chi connectivity index (χ2n) is 8.66. The summed E-state index contributed by atoms with van der Waals surface area (Å²) in [6.07, 6.45) is 3.38. The number of piperidine rings is 1. The highest BCUT2D eigenvalue weighted by molar-refractivity contribution is 5.85. The number of para-hydroxylation sites is 1. The summed E-state index contributed by atoms with van der Waals surface area (Å²) in [6, 6.07) is 23.1. The van der Waals surface area contributed by atoms with Crippen LogP contribution in [-0.2, 0) is 0 Å². The number of benzene rings is 3. The summed E-state index contributed by atoms with van der Waals surface area (Å²) in [5.74, 6) is 1.67. The van der Waals surface area contributed by atoms with Gasteiger partial charge in [-0.2, -0.15) is 0 Å². The fourth-order valence-electron chi connectivity index (χ4n) is 4.71. The minimum Gasteiger partial charge on any atom is -0.505 e. The van der Waals surface area contributed by atoms with Crippen molar-refractivity contribution >= 4 is 27.5 Å². The highest BCUT2D eigenvalue weighted by Crippen LogP contribution is 2.32. The first-order valence-electron chi connectivity index (χ1n) is 11.4. The smallest absolute Gasteiger partial charge is 0.176 e. The van der Waals surface area contributed by atoms with Crippen LogP contribution in [0.1, 0.15) is 36.5 Å². The fourth-order valence-corrected chi connectivity index (χ4v) is 4.71. The van der Waals surface area contributed by atoms with Gasteiger partial charge in [-0.3, -0.25) is 0 Å². The van der Waals surface area contributed by atoms with Gasteiger partial charge in [-0.1, -0.05) is 61.2 Å². The van der Waals surface area contributed by atoms with E-state index in [-0.39, 0.29) is 5.76 Å². The molecule has 4 aromatic rings. The summed E-state index contributed by atoms with van der Waals surface area (Å²) in [5, 5.41) is 13.1. The van der Waals surface area contributed by atoms with Gasteiger partial charge in [0.25, 0.3) is 0 Å². The van der Waals surface area contributed by atoms with Crippen LogP contribution in [0.25, 0.3) is 27.5 Å². The lowest BCUT2D eigenvalue weighted by molar-refractivity contribution is 0.193. The molecule has 32 heavy (non-hydrogen) atoms. The Bertz CT molecular complexity index is 1230. The van der Waals surface area contributed by atoms with Crippen molar-refractivity contribution in [2.24, 2.45) is 0 Å². The van der Waals surface area contributed by atoms with E-state index in [1.54, 1.807) is 6.07 Å². The monoisotopic (exact) mass is 427 g/mol. The molecule has 1 fully saturated rings. The molecule has 0 amide bonds. The van der Waals surface area contributed by atoms with E-state index in [1.807, 2.05) is 18.2 Å². The maximum Gasteiger partial charge on any atom is 0.176 e. The van der Waals surface area contributed by atoms with E-state index in [4.69, 9.17) is 9.15 Å². The molecule has 164 valence electrons. The highest BCUT2D eigenvalue weighted by atomic mass is 16.5. The van der Waals surface area contributed by atoms with Crippen LogP contribution >= 0.6 is 0 Å². The van der Waals surface area contributed by atoms with Crippen LogP contribution in [0.3, 0.4) is 0 Å². The molecular weight excluding hydrogens is 398 g/mol. The number of aliphatic hydroxyl groups is 1. The van der Waals surface area contributed by atoms with Gasteiger partial charge in [0.2, 0.25) is 0 Å². The lowest BCUT2D eigenvalue weighted by Gasteiger charge is -2.32. The molecule has 0 saturated carbocycles. The van der Waals surface area contributed by atoms with Gasteiger partial charge < -0.3 is 19.2 Å². The van der Waals surface area contributed by atoms with Crippen molar-refractivity contribution in [3.63, 3.8) is 0 Å². The summed E-state index contributed by atoms with van der Waals surface area (Å²) in [6.45, 7) is 7.47. The van der Waals surface area contributed by atoms with Gasteiger partial charge in [-0.15, -0.1) is 0 Å².